The van der Waals surface area contributed by atoms with Crippen LogP contribution in [0.5, 0.6) is 0 Å². The van der Waals surface area contributed by atoms with E-state index in [4.69, 9.17) is 21.1 Å². The van der Waals surface area contributed by atoms with Crippen molar-refractivity contribution >= 4 is 11.6 Å². The van der Waals surface area contributed by atoms with Crippen LogP contribution >= 0.6 is 11.6 Å². The average Bonchev–Trinajstić information content (AvgIpc) is 2.91. The van der Waals surface area contributed by atoms with Crippen LogP contribution in [0, 0.1) is 0 Å². The molecule has 1 aromatic heterocycles. The Bertz CT molecular complexity index is 562. The molecule has 0 saturated carbocycles. The second kappa shape index (κ2) is 11.7. The molecular weight excluding hydrogens is 359 g/mol. The molecule has 0 radical (unpaired) electrons. The van der Waals surface area contributed by atoms with Gasteiger partial charge in [-0.2, -0.15) is 0 Å². The molecule has 2 aromatic rings. The van der Waals surface area contributed by atoms with Crippen LogP contribution in [0.4, 0.5) is 0 Å². The van der Waals surface area contributed by atoms with Gasteiger partial charge in [-0.15, -0.1) is 0 Å². The van der Waals surface area contributed by atoms with Crippen LogP contribution in [-0.2, 0) is 6.54 Å². The first-order valence-corrected chi connectivity index (χ1v) is 7.47. The highest BCUT2D eigenvalue weighted by Gasteiger charge is 2.05. The lowest BCUT2D eigenvalue weighted by molar-refractivity contribution is -0.00100. The number of rotatable bonds is 8. The number of hydrogen-bond acceptors (Lipinski definition) is 4. The van der Waals surface area contributed by atoms with Gasteiger partial charge in [0, 0.05) is 30.2 Å². The molecule has 3 N–H and O–H groups in total. The second-order valence-corrected chi connectivity index (χ2v) is 5.44. The largest absolute Gasteiger partial charge is 1.00 e. The van der Waals surface area contributed by atoms with Crippen LogP contribution in [0.2, 0.25) is 5.02 Å². The topological polar surface area (TPSA) is 57.4 Å². The molecule has 23 heavy (non-hydrogen) atoms. The van der Waals surface area contributed by atoms with Crippen molar-refractivity contribution in [3.8, 4) is 11.3 Å². The smallest absolute Gasteiger partial charge is 0.134 e. The number of hydrogen-bond donors (Lipinski definition) is 3. The lowest BCUT2D eigenvalue weighted by Gasteiger charge is -2.07. The van der Waals surface area contributed by atoms with Gasteiger partial charge in [-0.25, -0.2) is 0 Å². The summed E-state index contributed by atoms with van der Waals surface area (Å²) in [6.07, 6.45) is -0.310. The van der Waals surface area contributed by atoms with Gasteiger partial charge >= 0.3 is 0 Å². The quantitative estimate of drug-likeness (QED) is 0.420. The van der Waals surface area contributed by atoms with Crippen LogP contribution in [-0.4, -0.2) is 30.8 Å². The minimum absolute atomic E-state index is 0. The van der Waals surface area contributed by atoms with E-state index in [1.807, 2.05) is 36.4 Å². The molecule has 4 nitrogen and oxygen atoms in total. The van der Waals surface area contributed by atoms with Crippen LogP contribution in [0.15, 0.2) is 40.8 Å². The summed E-state index contributed by atoms with van der Waals surface area (Å²) in [5.41, 5.74) is 0.979. The Labute approximate surface area is 154 Å². The fourth-order valence-corrected chi connectivity index (χ4v) is 2.16. The molecule has 0 aliphatic carbocycles. The Morgan fingerprint density at radius 2 is 1.87 bits per heavy atom. The van der Waals surface area contributed by atoms with Crippen molar-refractivity contribution in [2.45, 2.75) is 19.6 Å². The summed E-state index contributed by atoms with van der Waals surface area (Å²) >= 11 is 5.98. The lowest BCUT2D eigenvalue weighted by atomic mass is 10.2. The number of benzene rings is 1. The summed E-state index contributed by atoms with van der Waals surface area (Å²) in [5.74, 6) is 1.71. The van der Waals surface area contributed by atoms with Gasteiger partial charge < -0.3 is 45.0 Å². The van der Waals surface area contributed by atoms with Crippen molar-refractivity contribution in [1.82, 2.24) is 10.6 Å². The van der Waals surface area contributed by atoms with Crippen molar-refractivity contribution in [2.75, 3.05) is 19.6 Å². The van der Waals surface area contributed by atoms with E-state index in [1.165, 1.54) is 0 Å². The van der Waals surface area contributed by atoms with Gasteiger partial charge in [0.25, 0.3) is 0 Å². The maximum atomic E-state index is 9.11. The van der Waals surface area contributed by atoms with Crippen LogP contribution in [0.25, 0.3) is 11.3 Å². The number of nitrogens with one attached hydrogen (secondary N) is 2. The Kier molecular flexibility index (Phi) is 11.4. The molecule has 0 spiro atoms. The first-order valence-electron chi connectivity index (χ1n) is 7.09. The zero-order valence-electron chi connectivity index (χ0n) is 12.9. The minimum Gasteiger partial charge on any atom is -1.00 e. The summed E-state index contributed by atoms with van der Waals surface area (Å²) in [5, 5.41) is 16.2. The van der Waals surface area contributed by atoms with E-state index in [9.17, 15) is 0 Å². The third-order valence-corrected chi connectivity index (χ3v) is 3.22. The summed E-state index contributed by atoms with van der Waals surface area (Å²) < 4.78 is 5.79. The monoisotopic (exact) mass is 378 g/mol. The van der Waals surface area contributed by atoms with Crippen LogP contribution < -0.4 is 35.4 Å². The van der Waals surface area contributed by atoms with Gasteiger partial charge in [0.05, 0.1) is 12.6 Å². The van der Waals surface area contributed by atoms with E-state index in [1.54, 1.807) is 6.92 Å². The highest BCUT2D eigenvalue weighted by Crippen LogP contribution is 2.24. The zero-order chi connectivity index (χ0) is 15.1. The van der Waals surface area contributed by atoms with Gasteiger partial charge in [0.15, 0.2) is 0 Å². The SMILES string of the molecule is CC(O)CNCCNCc1ccc(-c2cccc(Cl)c2)o1.[Cl-].[Cl-]. The fourth-order valence-electron chi connectivity index (χ4n) is 1.97. The van der Waals surface area contributed by atoms with E-state index in [-0.39, 0.29) is 30.9 Å². The maximum absolute atomic E-state index is 9.11. The molecule has 1 aromatic carbocycles. The predicted octanol–water partition coefficient (Wildman–Crippen LogP) is -3.33. The third-order valence-electron chi connectivity index (χ3n) is 2.99. The van der Waals surface area contributed by atoms with Gasteiger partial charge in [0.2, 0.25) is 0 Å². The molecule has 0 bridgehead atoms. The molecule has 7 heteroatoms. The molecule has 0 saturated heterocycles. The molecule has 0 amide bonds. The highest BCUT2D eigenvalue weighted by molar-refractivity contribution is 6.30. The van der Waals surface area contributed by atoms with Gasteiger partial charge in [-0.1, -0.05) is 23.7 Å². The van der Waals surface area contributed by atoms with Crippen molar-refractivity contribution in [1.29, 1.82) is 0 Å². The summed E-state index contributed by atoms with van der Waals surface area (Å²) in [6.45, 7) is 4.69. The summed E-state index contributed by atoms with van der Waals surface area (Å²) in [6, 6.07) is 11.5. The van der Waals surface area contributed by atoms with Crippen molar-refractivity contribution in [2.24, 2.45) is 0 Å². The summed E-state index contributed by atoms with van der Waals surface area (Å²) in [4.78, 5) is 0. The van der Waals surface area contributed by atoms with Crippen molar-refractivity contribution < 1.29 is 34.3 Å². The summed E-state index contributed by atoms with van der Waals surface area (Å²) in [7, 11) is 0. The normalized spacial score (nSPS) is 11.4. The maximum Gasteiger partial charge on any atom is 0.134 e. The molecular formula is C16H21Cl3N2O2-2. The Morgan fingerprint density at radius 1 is 1.13 bits per heavy atom. The molecule has 0 aliphatic heterocycles. The Morgan fingerprint density at radius 3 is 2.57 bits per heavy atom. The van der Waals surface area contributed by atoms with E-state index in [0.717, 1.165) is 30.2 Å². The Hall–Kier alpha value is -0.750. The number of halogens is 3. The first kappa shape index (κ1) is 22.2. The van der Waals surface area contributed by atoms with Gasteiger partial charge in [-0.05, 0) is 31.2 Å². The fraction of sp³-hybridized carbons (Fsp3) is 0.375. The molecule has 1 atom stereocenters. The van der Waals surface area contributed by atoms with Gasteiger partial charge in [-0.3, -0.25) is 0 Å². The number of aliphatic hydroxyl groups is 1. The molecule has 2 rings (SSSR count). The lowest BCUT2D eigenvalue weighted by Crippen LogP contribution is -3.00. The van der Waals surface area contributed by atoms with E-state index >= 15 is 0 Å². The van der Waals surface area contributed by atoms with E-state index < -0.39 is 0 Å². The minimum atomic E-state index is -0.310. The number of aliphatic hydroxyl groups excluding tert-OH is 1. The molecule has 130 valence electrons. The molecule has 0 fully saturated rings. The second-order valence-electron chi connectivity index (χ2n) is 5.01. The highest BCUT2D eigenvalue weighted by atomic mass is 35.5. The van der Waals surface area contributed by atoms with Gasteiger partial charge in [0.1, 0.15) is 11.5 Å². The van der Waals surface area contributed by atoms with Crippen LogP contribution in [0.1, 0.15) is 12.7 Å². The standard InChI is InChI=1S/C16H21ClN2O2.2ClH/c1-12(20)10-18-7-8-19-11-15-5-6-16(21-15)13-3-2-4-14(17)9-13;;/h2-6,9,12,18-20H,7-8,10-11H2,1H3;2*1H/p-2. The first-order chi connectivity index (χ1) is 10.1. The Balaban J connectivity index is 0.00000242. The van der Waals surface area contributed by atoms with Crippen LogP contribution in [0.3, 0.4) is 0 Å². The number of furan rings is 1. The van der Waals surface area contributed by atoms with E-state index in [2.05, 4.69) is 10.6 Å². The molecule has 0 aliphatic rings. The van der Waals surface area contributed by atoms with Crippen molar-refractivity contribution in [3.63, 3.8) is 0 Å². The molecule has 1 heterocycles. The average molecular weight is 380 g/mol. The van der Waals surface area contributed by atoms with Crippen molar-refractivity contribution in [3.05, 3.63) is 47.2 Å². The van der Waals surface area contributed by atoms with E-state index in [0.29, 0.717) is 18.1 Å². The third kappa shape index (κ3) is 8.06. The predicted molar refractivity (Wildman–Crippen MR) is 85.4 cm³/mol. The zero-order valence-corrected chi connectivity index (χ0v) is 15.1. The molecule has 1 unspecified atom stereocenters.